The molecule has 0 spiro atoms. The monoisotopic (exact) mass is 322 g/mol. The van der Waals surface area contributed by atoms with Crippen molar-refractivity contribution in [1.29, 1.82) is 0 Å². The molecule has 1 unspecified atom stereocenters. The van der Waals surface area contributed by atoms with E-state index in [0.717, 1.165) is 12.1 Å². The van der Waals surface area contributed by atoms with Gasteiger partial charge in [0.25, 0.3) is 5.78 Å². The van der Waals surface area contributed by atoms with Gasteiger partial charge in [0, 0.05) is 19.7 Å². The SMILES string of the molecule is COCc1nc2ncc3c(n2n1)CC(c1cccc(C)c1)CC3=O. The number of ketones is 1. The fourth-order valence-electron chi connectivity index (χ4n) is 3.34. The maximum absolute atomic E-state index is 12.6. The fraction of sp³-hybridized carbons (Fsp3) is 0.333. The summed E-state index contributed by atoms with van der Waals surface area (Å²) in [4.78, 5) is 21.2. The first-order valence-corrected chi connectivity index (χ1v) is 7.98. The number of hydrogen-bond acceptors (Lipinski definition) is 5. The molecule has 3 aromatic rings. The van der Waals surface area contributed by atoms with Crippen LogP contribution in [-0.4, -0.2) is 32.5 Å². The highest BCUT2D eigenvalue weighted by molar-refractivity contribution is 5.98. The predicted molar refractivity (Wildman–Crippen MR) is 88.1 cm³/mol. The summed E-state index contributed by atoms with van der Waals surface area (Å²) >= 11 is 0. The molecule has 1 aliphatic carbocycles. The van der Waals surface area contributed by atoms with Crippen LogP contribution in [0.5, 0.6) is 0 Å². The van der Waals surface area contributed by atoms with E-state index in [2.05, 4.69) is 40.2 Å². The number of aryl methyl sites for hydroxylation is 1. The van der Waals surface area contributed by atoms with Gasteiger partial charge in [-0.25, -0.2) is 9.50 Å². The van der Waals surface area contributed by atoms with E-state index in [1.165, 1.54) is 11.1 Å². The number of ether oxygens (including phenoxy) is 1. The predicted octanol–water partition coefficient (Wildman–Crippen LogP) is 2.49. The zero-order valence-corrected chi connectivity index (χ0v) is 13.7. The van der Waals surface area contributed by atoms with Crippen LogP contribution >= 0.6 is 0 Å². The Balaban J connectivity index is 1.79. The third-order valence-electron chi connectivity index (χ3n) is 4.47. The Labute approximate surface area is 139 Å². The summed E-state index contributed by atoms with van der Waals surface area (Å²) in [5.41, 5.74) is 3.93. The Bertz CT molecular complexity index is 932. The maximum Gasteiger partial charge on any atom is 0.252 e. The first kappa shape index (κ1) is 15.0. The number of benzene rings is 1. The molecule has 0 N–H and O–H groups in total. The van der Waals surface area contributed by atoms with Crippen LogP contribution in [0.2, 0.25) is 0 Å². The van der Waals surface area contributed by atoms with E-state index >= 15 is 0 Å². The van der Waals surface area contributed by atoms with Gasteiger partial charge in [-0.05, 0) is 24.8 Å². The van der Waals surface area contributed by atoms with Crippen molar-refractivity contribution in [2.75, 3.05) is 7.11 Å². The van der Waals surface area contributed by atoms with Crippen LogP contribution in [-0.2, 0) is 17.8 Å². The average molecular weight is 322 g/mol. The summed E-state index contributed by atoms with van der Waals surface area (Å²) < 4.78 is 6.79. The van der Waals surface area contributed by atoms with Gasteiger partial charge < -0.3 is 4.74 Å². The minimum absolute atomic E-state index is 0.112. The van der Waals surface area contributed by atoms with Crippen molar-refractivity contribution >= 4 is 11.6 Å². The quantitative estimate of drug-likeness (QED) is 0.741. The normalized spacial score (nSPS) is 17.2. The molecular formula is C18H18N4O2. The third-order valence-corrected chi connectivity index (χ3v) is 4.47. The highest BCUT2D eigenvalue weighted by Gasteiger charge is 2.29. The molecule has 0 saturated carbocycles. The van der Waals surface area contributed by atoms with Gasteiger partial charge in [0.1, 0.15) is 6.61 Å². The molecule has 1 aromatic carbocycles. The van der Waals surface area contributed by atoms with Crippen LogP contribution in [0.4, 0.5) is 0 Å². The molecule has 6 heteroatoms. The number of nitrogens with zero attached hydrogens (tertiary/aromatic N) is 4. The molecule has 1 aliphatic rings. The van der Waals surface area contributed by atoms with Gasteiger partial charge in [0.05, 0.1) is 11.3 Å². The molecule has 0 aliphatic heterocycles. The van der Waals surface area contributed by atoms with Gasteiger partial charge in [-0.1, -0.05) is 29.8 Å². The number of carbonyl (C=O) groups is 1. The van der Waals surface area contributed by atoms with Crippen molar-refractivity contribution in [3.8, 4) is 0 Å². The second-order valence-corrected chi connectivity index (χ2v) is 6.23. The van der Waals surface area contributed by atoms with Crippen LogP contribution in [0.1, 0.15) is 45.3 Å². The zero-order valence-electron chi connectivity index (χ0n) is 13.7. The minimum atomic E-state index is 0.112. The smallest absolute Gasteiger partial charge is 0.252 e. The van der Waals surface area contributed by atoms with E-state index in [1.54, 1.807) is 17.8 Å². The van der Waals surface area contributed by atoms with E-state index in [4.69, 9.17) is 4.74 Å². The van der Waals surface area contributed by atoms with Crippen molar-refractivity contribution in [1.82, 2.24) is 19.6 Å². The van der Waals surface area contributed by atoms with Gasteiger partial charge in [0.2, 0.25) is 0 Å². The van der Waals surface area contributed by atoms with Crippen molar-refractivity contribution in [3.63, 3.8) is 0 Å². The second kappa shape index (κ2) is 5.79. The molecule has 24 heavy (non-hydrogen) atoms. The van der Waals surface area contributed by atoms with Crippen LogP contribution in [0.15, 0.2) is 30.5 Å². The van der Waals surface area contributed by atoms with E-state index in [-0.39, 0.29) is 11.7 Å². The van der Waals surface area contributed by atoms with Crippen LogP contribution in [0.25, 0.3) is 5.78 Å². The molecule has 1 atom stereocenters. The Morgan fingerprint density at radius 2 is 2.21 bits per heavy atom. The second-order valence-electron chi connectivity index (χ2n) is 6.23. The molecule has 2 aromatic heterocycles. The van der Waals surface area contributed by atoms with Crippen molar-refractivity contribution < 1.29 is 9.53 Å². The van der Waals surface area contributed by atoms with E-state index in [9.17, 15) is 4.79 Å². The molecule has 0 radical (unpaired) electrons. The number of hydrogen-bond donors (Lipinski definition) is 0. The van der Waals surface area contributed by atoms with Gasteiger partial charge in [-0.3, -0.25) is 4.79 Å². The molecule has 0 bridgehead atoms. The van der Waals surface area contributed by atoms with Crippen molar-refractivity contribution in [2.45, 2.75) is 32.3 Å². The van der Waals surface area contributed by atoms with E-state index < -0.39 is 0 Å². The topological polar surface area (TPSA) is 69.4 Å². The first-order valence-electron chi connectivity index (χ1n) is 7.98. The lowest BCUT2D eigenvalue weighted by Crippen LogP contribution is -2.22. The number of rotatable bonds is 3. The Hall–Kier alpha value is -2.60. The van der Waals surface area contributed by atoms with Crippen molar-refractivity contribution in [2.24, 2.45) is 0 Å². The minimum Gasteiger partial charge on any atom is -0.377 e. The number of aromatic nitrogens is 4. The summed E-state index contributed by atoms with van der Waals surface area (Å²) in [5.74, 6) is 1.36. The third kappa shape index (κ3) is 2.49. The number of carbonyl (C=O) groups excluding carboxylic acids is 1. The van der Waals surface area contributed by atoms with Gasteiger partial charge >= 0.3 is 0 Å². The Morgan fingerprint density at radius 3 is 3.00 bits per heavy atom. The highest BCUT2D eigenvalue weighted by atomic mass is 16.5. The lowest BCUT2D eigenvalue weighted by Gasteiger charge is -2.24. The zero-order chi connectivity index (χ0) is 16.7. The summed E-state index contributed by atoms with van der Waals surface area (Å²) in [6.45, 7) is 2.39. The van der Waals surface area contributed by atoms with Crippen LogP contribution in [0.3, 0.4) is 0 Å². The molecule has 0 saturated heterocycles. The molecule has 4 rings (SSSR count). The standard InChI is InChI=1S/C18H18N4O2/c1-11-4-3-5-12(6-11)13-7-15-14(16(23)8-13)9-19-18-20-17(10-24-2)21-22(15)18/h3-6,9,13H,7-8,10H2,1-2H3. The average Bonchev–Trinajstić information content (AvgIpc) is 2.98. The number of methoxy groups -OCH3 is 1. The van der Waals surface area contributed by atoms with Gasteiger partial charge in [0.15, 0.2) is 11.6 Å². The van der Waals surface area contributed by atoms with E-state index in [1.807, 2.05) is 6.07 Å². The Morgan fingerprint density at radius 1 is 1.33 bits per heavy atom. The molecule has 0 fully saturated rings. The van der Waals surface area contributed by atoms with Crippen LogP contribution < -0.4 is 0 Å². The summed E-state index contributed by atoms with van der Waals surface area (Å²) in [5, 5.41) is 4.46. The largest absolute Gasteiger partial charge is 0.377 e. The lowest BCUT2D eigenvalue weighted by atomic mass is 9.82. The molecule has 6 nitrogen and oxygen atoms in total. The molecule has 0 amide bonds. The van der Waals surface area contributed by atoms with Crippen LogP contribution in [0, 0.1) is 6.92 Å². The van der Waals surface area contributed by atoms with Gasteiger partial charge in [-0.15, -0.1) is 5.10 Å². The summed E-state index contributed by atoms with van der Waals surface area (Å²) in [7, 11) is 1.60. The molecular weight excluding hydrogens is 304 g/mol. The molecule has 122 valence electrons. The van der Waals surface area contributed by atoms with Crippen molar-refractivity contribution in [3.05, 3.63) is 58.7 Å². The lowest BCUT2D eigenvalue weighted by molar-refractivity contribution is 0.0962. The molecule has 2 heterocycles. The number of fused-ring (bicyclic) bond motifs is 3. The Kier molecular flexibility index (Phi) is 3.61. The first-order chi connectivity index (χ1) is 11.7. The van der Waals surface area contributed by atoms with Gasteiger partial charge in [-0.2, -0.15) is 4.98 Å². The number of Topliss-reactive ketones (excluding diaryl/α,β-unsaturated/α-hetero) is 1. The van der Waals surface area contributed by atoms with E-state index in [0.29, 0.717) is 30.2 Å². The highest BCUT2D eigenvalue weighted by Crippen LogP contribution is 2.32. The summed E-state index contributed by atoms with van der Waals surface area (Å²) in [6, 6.07) is 8.35. The summed E-state index contributed by atoms with van der Waals surface area (Å²) in [6.07, 6.45) is 2.88. The maximum atomic E-state index is 12.6. The fourth-order valence-corrected chi connectivity index (χ4v) is 3.34.